The van der Waals surface area contributed by atoms with Gasteiger partial charge in [-0.15, -0.1) is 0 Å². The molecule has 0 unspecified atom stereocenters. The number of rotatable bonds is 4. The van der Waals surface area contributed by atoms with Crippen LogP contribution in [-0.2, 0) is 6.42 Å². The third-order valence-electron chi connectivity index (χ3n) is 2.78. The Morgan fingerprint density at radius 3 is 2.52 bits per heavy atom. The summed E-state index contributed by atoms with van der Waals surface area (Å²) in [5, 5.41) is 10.7. The third-order valence-corrected chi connectivity index (χ3v) is 3.24. The first-order valence-electron chi connectivity index (χ1n) is 5.79. The molecule has 0 heterocycles. The van der Waals surface area contributed by atoms with Gasteiger partial charge in [0.1, 0.15) is 11.6 Å². The Balaban J connectivity index is 2.30. The van der Waals surface area contributed by atoms with E-state index in [1.165, 1.54) is 18.2 Å². The SMILES string of the molecule is O=C(Cc1ccc(F)cc1F)c1cc(Br)cc([N+](=O)[O-])c1. The van der Waals surface area contributed by atoms with Crippen molar-refractivity contribution in [3.05, 3.63) is 73.7 Å². The van der Waals surface area contributed by atoms with Crippen molar-refractivity contribution in [2.24, 2.45) is 0 Å². The van der Waals surface area contributed by atoms with E-state index in [-0.39, 0.29) is 23.2 Å². The highest BCUT2D eigenvalue weighted by atomic mass is 79.9. The van der Waals surface area contributed by atoms with Gasteiger partial charge in [-0.3, -0.25) is 14.9 Å². The van der Waals surface area contributed by atoms with Crippen molar-refractivity contribution < 1.29 is 18.5 Å². The van der Waals surface area contributed by atoms with E-state index in [2.05, 4.69) is 15.9 Å². The van der Waals surface area contributed by atoms with Crippen molar-refractivity contribution in [3.63, 3.8) is 0 Å². The Morgan fingerprint density at radius 2 is 1.90 bits per heavy atom. The van der Waals surface area contributed by atoms with Gasteiger partial charge in [-0.05, 0) is 17.7 Å². The summed E-state index contributed by atoms with van der Waals surface area (Å²) in [5.41, 5.74) is -0.129. The fraction of sp³-hybridized carbons (Fsp3) is 0.0714. The van der Waals surface area contributed by atoms with Crippen LogP contribution in [-0.4, -0.2) is 10.7 Å². The number of Topliss-reactive ketones (excluding diaryl/α,β-unsaturated/α-hetero) is 1. The summed E-state index contributed by atoms with van der Waals surface area (Å²) in [6.45, 7) is 0. The van der Waals surface area contributed by atoms with Gasteiger partial charge in [-0.25, -0.2) is 8.78 Å². The molecule has 0 amide bonds. The quantitative estimate of drug-likeness (QED) is 0.472. The molecule has 0 aliphatic rings. The molecule has 4 nitrogen and oxygen atoms in total. The first-order valence-corrected chi connectivity index (χ1v) is 6.58. The van der Waals surface area contributed by atoms with Crippen LogP contribution < -0.4 is 0 Å². The van der Waals surface area contributed by atoms with Crippen molar-refractivity contribution in [2.75, 3.05) is 0 Å². The normalized spacial score (nSPS) is 10.4. The number of hydrogen-bond donors (Lipinski definition) is 0. The minimum atomic E-state index is -0.826. The van der Waals surface area contributed by atoms with Crippen LogP contribution in [0.5, 0.6) is 0 Å². The Labute approximate surface area is 126 Å². The number of halogens is 3. The Morgan fingerprint density at radius 1 is 1.19 bits per heavy atom. The van der Waals surface area contributed by atoms with Crippen LogP contribution in [0, 0.1) is 21.7 Å². The molecule has 0 N–H and O–H groups in total. The number of carbonyl (C=O) groups is 1. The highest BCUT2D eigenvalue weighted by Crippen LogP contribution is 2.23. The number of carbonyl (C=O) groups excluding carboxylic acids is 1. The summed E-state index contributed by atoms with van der Waals surface area (Å²) >= 11 is 3.08. The van der Waals surface area contributed by atoms with E-state index in [4.69, 9.17) is 0 Å². The van der Waals surface area contributed by atoms with Crippen LogP contribution in [0.15, 0.2) is 40.9 Å². The number of hydrogen-bond acceptors (Lipinski definition) is 3. The lowest BCUT2D eigenvalue weighted by Gasteiger charge is -2.04. The molecule has 0 aromatic heterocycles. The number of non-ortho nitro benzene ring substituents is 1. The standard InChI is InChI=1S/C14H8BrF2NO3/c15-10-3-9(4-12(6-10)18(20)21)14(19)5-8-1-2-11(16)7-13(8)17/h1-4,6-7H,5H2. The second kappa shape index (κ2) is 6.09. The second-order valence-electron chi connectivity index (χ2n) is 4.29. The summed E-state index contributed by atoms with van der Waals surface area (Å²) in [6.07, 6.45) is -0.306. The molecule has 0 spiro atoms. The second-order valence-corrected chi connectivity index (χ2v) is 5.21. The molecule has 21 heavy (non-hydrogen) atoms. The van der Waals surface area contributed by atoms with Crippen molar-refractivity contribution in [3.8, 4) is 0 Å². The van der Waals surface area contributed by atoms with E-state index in [0.29, 0.717) is 10.5 Å². The average molecular weight is 356 g/mol. The lowest BCUT2D eigenvalue weighted by molar-refractivity contribution is -0.385. The zero-order valence-corrected chi connectivity index (χ0v) is 12.1. The molecule has 108 valence electrons. The number of nitro benzene ring substituents is 1. The summed E-state index contributed by atoms with van der Waals surface area (Å²) in [4.78, 5) is 22.2. The van der Waals surface area contributed by atoms with Gasteiger partial charge < -0.3 is 0 Å². The topological polar surface area (TPSA) is 60.2 Å². The van der Waals surface area contributed by atoms with Gasteiger partial charge in [0.2, 0.25) is 0 Å². The van der Waals surface area contributed by atoms with Crippen molar-refractivity contribution >= 4 is 27.4 Å². The van der Waals surface area contributed by atoms with Crippen molar-refractivity contribution in [1.82, 2.24) is 0 Å². The molecule has 0 aliphatic heterocycles. The van der Waals surface area contributed by atoms with E-state index in [0.717, 1.165) is 12.1 Å². The van der Waals surface area contributed by atoms with Crippen LogP contribution in [0.2, 0.25) is 0 Å². The minimum Gasteiger partial charge on any atom is -0.294 e. The predicted octanol–water partition coefficient (Wildman–Crippen LogP) is 4.06. The van der Waals surface area contributed by atoms with E-state index in [9.17, 15) is 23.7 Å². The Hall–Kier alpha value is -2.15. The van der Waals surface area contributed by atoms with Gasteiger partial charge in [0.25, 0.3) is 5.69 Å². The highest BCUT2D eigenvalue weighted by Gasteiger charge is 2.16. The number of benzene rings is 2. The number of nitro groups is 1. The summed E-state index contributed by atoms with van der Waals surface area (Å²) in [7, 11) is 0. The molecule has 0 saturated carbocycles. The molecule has 2 aromatic carbocycles. The van der Waals surface area contributed by atoms with E-state index in [1.807, 2.05) is 0 Å². The molecule has 0 radical (unpaired) electrons. The first kappa shape index (κ1) is 15.2. The average Bonchev–Trinajstić information content (AvgIpc) is 2.41. The molecule has 2 aromatic rings. The molecular weight excluding hydrogens is 348 g/mol. The molecule has 0 fully saturated rings. The maximum absolute atomic E-state index is 13.5. The van der Waals surface area contributed by atoms with Crippen LogP contribution in [0.1, 0.15) is 15.9 Å². The number of nitrogens with zero attached hydrogens (tertiary/aromatic N) is 1. The zero-order valence-electron chi connectivity index (χ0n) is 10.5. The zero-order chi connectivity index (χ0) is 15.6. The molecule has 0 saturated heterocycles. The molecule has 0 atom stereocenters. The Kier molecular flexibility index (Phi) is 4.42. The molecule has 2 rings (SSSR count). The van der Waals surface area contributed by atoms with Crippen molar-refractivity contribution in [1.29, 1.82) is 0 Å². The highest BCUT2D eigenvalue weighted by molar-refractivity contribution is 9.10. The molecular formula is C14H8BrF2NO3. The molecule has 0 bridgehead atoms. The summed E-state index contributed by atoms with van der Waals surface area (Å²) in [5.74, 6) is -2.06. The largest absolute Gasteiger partial charge is 0.294 e. The van der Waals surface area contributed by atoms with Gasteiger partial charge in [0, 0.05) is 34.7 Å². The fourth-order valence-electron chi connectivity index (χ4n) is 1.78. The van der Waals surface area contributed by atoms with Gasteiger partial charge >= 0.3 is 0 Å². The molecule has 7 heteroatoms. The summed E-state index contributed by atoms with van der Waals surface area (Å²) < 4.78 is 26.7. The monoisotopic (exact) mass is 355 g/mol. The Bertz CT molecular complexity index is 734. The van der Waals surface area contributed by atoms with Crippen LogP contribution in [0.4, 0.5) is 14.5 Å². The maximum atomic E-state index is 13.5. The maximum Gasteiger partial charge on any atom is 0.271 e. The number of ketones is 1. The van der Waals surface area contributed by atoms with E-state index in [1.54, 1.807) is 0 Å². The van der Waals surface area contributed by atoms with Gasteiger partial charge in [-0.2, -0.15) is 0 Å². The fourth-order valence-corrected chi connectivity index (χ4v) is 2.26. The predicted molar refractivity (Wildman–Crippen MR) is 75.2 cm³/mol. The van der Waals surface area contributed by atoms with Crippen LogP contribution >= 0.6 is 15.9 Å². The van der Waals surface area contributed by atoms with Crippen LogP contribution in [0.3, 0.4) is 0 Å². The van der Waals surface area contributed by atoms with E-state index < -0.39 is 22.3 Å². The van der Waals surface area contributed by atoms with Crippen molar-refractivity contribution in [2.45, 2.75) is 6.42 Å². The first-order chi connectivity index (χ1) is 9.86. The lowest BCUT2D eigenvalue weighted by atomic mass is 10.0. The van der Waals surface area contributed by atoms with Crippen LogP contribution in [0.25, 0.3) is 0 Å². The lowest BCUT2D eigenvalue weighted by Crippen LogP contribution is -2.06. The smallest absolute Gasteiger partial charge is 0.271 e. The van der Waals surface area contributed by atoms with E-state index >= 15 is 0 Å². The third kappa shape index (κ3) is 3.69. The summed E-state index contributed by atoms with van der Waals surface area (Å²) in [6, 6.07) is 6.70. The van der Waals surface area contributed by atoms with Gasteiger partial charge in [0.05, 0.1) is 4.92 Å². The minimum absolute atomic E-state index is 0.0315. The van der Waals surface area contributed by atoms with Gasteiger partial charge in [-0.1, -0.05) is 22.0 Å². The molecule has 0 aliphatic carbocycles. The van der Waals surface area contributed by atoms with Gasteiger partial charge in [0.15, 0.2) is 5.78 Å².